The molecule has 4 heteroatoms. The predicted octanol–water partition coefficient (Wildman–Crippen LogP) is 1.71. The molecule has 0 spiro atoms. The Morgan fingerprint density at radius 3 is 3.21 bits per heavy atom. The van der Waals surface area contributed by atoms with Crippen molar-refractivity contribution in [2.75, 3.05) is 7.05 Å². The third-order valence-electron chi connectivity index (χ3n) is 1.99. The summed E-state index contributed by atoms with van der Waals surface area (Å²) >= 11 is 1.73. The molecule has 0 aliphatic heterocycles. The van der Waals surface area contributed by atoms with Crippen molar-refractivity contribution in [1.82, 2.24) is 14.9 Å². The summed E-state index contributed by atoms with van der Waals surface area (Å²) in [5.74, 6) is 0. The standard InChI is InChI=1S/C10H13N3S/c1-11-4-10-6-13(8-12-10)5-9-2-3-14-7-9/h2-3,6-8,11H,4-5H2,1H3. The van der Waals surface area contributed by atoms with E-state index in [0.717, 1.165) is 18.8 Å². The lowest BCUT2D eigenvalue weighted by atomic mass is 10.3. The maximum atomic E-state index is 4.29. The molecule has 0 saturated heterocycles. The van der Waals surface area contributed by atoms with E-state index in [0.29, 0.717) is 0 Å². The van der Waals surface area contributed by atoms with Gasteiger partial charge in [0.2, 0.25) is 0 Å². The number of nitrogens with one attached hydrogen (secondary N) is 1. The summed E-state index contributed by atoms with van der Waals surface area (Å²) in [6, 6.07) is 2.14. The van der Waals surface area contributed by atoms with E-state index in [1.165, 1.54) is 5.56 Å². The highest BCUT2D eigenvalue weighted by atomic mass is 32.1. The third-order valence-corrected chi connectivity index (χ3v) is 2.72. The molecule has 2 aromatic rings. The van der Waals surface area contributed by atoms with Crippen LogP contribution >= 0.6 is 11.3 Å². The highest BCUT2D eigenvalue weighted by molar-refractivity contribution is 7.07. The zero-order valence-electron chi connectivity index (χ0n) is 8.10. The molecule has 0 radical (unpaired) electrons. The predicted molar refractivity (Wildman–Crippen MR) is 58.4 cm³/mol. The van der Waals surface area contributed by atoms with Gasteiger partial charge in [-0.3, -0.25) is 0 Å². The van der Waals surface area contributed by atoms with Crippen molar-refractivity contribution in [2.45, 2.75) is 13.1 Å². The Hall–Kier alpha value is -1.13. The summed E-state index contributed by atoms with van der Waals surface area (Å²) in [4.78, 5) is 4.29. The molecule has 0 aliphatic carbocycles. The third kappa shape index (κ3) is 2.21. The zero-order chi connectivity index (χ0) is 9.80. The molecule has 0 fully saturated rings. The minimum absolute atomic E-state index is 0.830. The van der Waals surface area contributed by atoms with Crippen LogP contribution in [0.2, 0.25) is 0 Å². The Balaban J connectivity index is 2.03. The fourth-order valence-electron chi connectivity index (χ4n) is 1.36. The van der Waals surface area contributed by atoms with Crippen molar-refractivity contribution >= 4 is 11.3 Å². The van der Waals surface area contributed by atoms with Crippen molar-refractivity contribution in [1.29, 1.82) is 0 Å². The number of aromatic nitrogens is 2. The first kappa shape index (κ1) is 9.43. The lowest BCUT2D eigenvalue weighted by Gasteiger charge is -1.97. The van der Waals surface area contributed by atoms with E-state index in [1.54, 1.807) is 11.3 Å². The fourth-order valence-corrected chi connectivity index (χ4v) is 2.02. The van der Waals surface area contributed by atoms with Gasteiger partial charge in [0, 0.05) is 19.3 Å². The van der Waals surface area contributed by atoms with Crippen molar-refractivity contribution in [3.63, 3.8) is 0 Å². The Morgan fingerprint density at radius 2 is 2.50 bits per heavy atom. The Bertz CT molecular complexity index is 378. The lowest BCUT2D eigenvalue weighted by Crippen LogP contribution is -2.05. The van der Waals surface area contributed by atoms with Crippen LogP contribution in [-0.2, 0) is 13.1 Å². The smallest absolute Gasteiger partial charge is 0.0953 e. The van der Waals surface area contributed by atoms with Gasteiger partial charge in [0.1, 0.15) is 0 Å². The molecule has 0 atom stereocenters. The van der Waals surface area contributed by atoms with E-state index in [4.69, 9.17) is 0 Å². The van der Waals surface area contributed by atoms with Crippen LogP contribution < -0.4 is 5.32 Å². The highest BCUT2D eigenvalue weighted by Crippen LogP contribution is 2.08. The summed E-state index contributed by atoms with van der Waals surface area (Å²) in [6.07, 6.45) is 3.96. The average molecular weight is 207 g/mol. The number of rotatable bonds is 4. The van der Waals surface area contributed by atoms with Gasteiger partial charge < -0.3 is 9.88 Å². The first-order valence-corrected chi connectivity index (χ1v) is 5.49. The molecule has 0 aliphatic rings. The van der Waals surface area contributed by atoms with Crippen molar-refractivity contribution in [3.05, 3.63) is 40.6 Å². The Kier molecular flexibility index (Phi) is 2.96. The quantitative estimate of drug-likeness (QED) is 0.827. The molecule has 0 aromatic carbocycles. The number of hydrogen-bond donors (Lipinski definition) is 1. The molecule has 14 heavy (non-hydrogen) atoms. The highest BCUT2D eigenvalue weighted by Gasteiger charge is 1.98. The second kappa shape index (κ2) is 4.39. The van der Waals surface area contributed by atoms with E-state index in [2.05, 4.69) is 37.9 Å². The molecule has 3 nitrogen and oxygen atoms in total. The minimum Gasteiger partial charge on any atom is -0.333 e. The number of thiophene rings is 1. The molecule has 2 heterocycles. The van der Waals surface area contributed by atoms with E-state index in [1.807, 2.05) is 13.4 Å². The molecule has 74 valence electrons. The molecule has 2 rings (SSSR count). The fraction of sp³-hybridized carbons (Fsp3) is 0.300. The summed E-state index contributed by atoms with van der Waals surface area (Å²) < 4.78 is 2.11. The minimum atomic E-state index is 0.830. The lowest BCUT2D eigenvalue weighted by molar-refractivity contribution is 0.783. The number of imidazole rings is 1. The summed E-state index contributed by atoms with van der Waals surface area (Å²) in [7, 11) is 1.93. The molecule has 0 saturated carbocycles. The van der Waals surface area contributed by atoms with Crippen LogP contribution in [-0.4, -0.2) is 16.6 Å². The average Bonchev–Trinajstić information content (AvgIpc) is 2.79. The van der Waals surface area contributed by atoms with Crippen molar-refractivity contribution < 1.29 is 0 Å². The van der Waals surface area contributed by atoms with Gasteiger partial charge >= 0.3 is 0 Å². The molecular formula is C10H13N3S. The van der Waals surface area contributed by atoms with Gasteiger partial charge in [-0.15, -0.1) is 0 Å². The molecular weight excluding hydrogens is 194 g/mol. The largest absolute Gasteiger partial charge is 0.333 e. The number of hydrogen-bond acceptors (Lipinski definition) is 3. The first-order chi connectivity index (χ1) is 6.88. The van der Waals surface area contributed by atoms with Gasteiger partial charge in [-0.25, -0.2) is 4.98 Å². The second-order valence-corrected chi connectivity index (χ2v) is 3.98. The van der Waals surface area contributed by atoms with Crippen molar-refractivity contribution in [2.24, 2.45) is 0 Å². The number of nitrogens with zero attached hydrogens (tertiary/aromatic N) is 2. The van der Waals surface area contributed by atoms with E-state index in [9.17, 15) is 0 Å². The topological polar surface area (TPSA) is 29.9 Å². The van der Waals surface area contributed by atoms with Crippen LogP contribution in [0, 0.1) is 0 Å². The molecule has 2 aromatic heterocycles. The Labute approximate surface area is 87.4 Å². The van der Waals surface area contributed by atoms with E-state index >= 15 is 0 Å². The van der Waals surface area contributed by atoms with Crippen LogP contribution in [0.15, 0.2) is 29.4 Å². The van der Waals surface area contributed by atoms with Gasteiger partial charge in [-0.05, 0) is 29.4 Å². The zero-order valence-corrected chi connectivity index (χ0v) is 8.92. The van der Waals surface area contributed by atoms with Crippen LogP contribution in [0.4, 0.5) is 0 Å². The molecule has 0 bridgehead atoms. The normalized spacial score (nSPS) is 10.6. The molecule has 0 amide bonds. The second-order valence-electron chi connectivity index (χ2n) is 3.20. The summed E-state index contributed by atoms with van der Waals surface area (Å²) in [5.41, 5.74) is 2.42. The summed E-state index contributed by atoms with van der Waals surface area (Å²) in [5, 5.41) is 7.34. The van der Waals surface area contributed by atoms with Gasteiger partial charge in [0.05, 0.1) is 12.0 Å². The van der Waals surface area contributed by atoms with Crippen molar-refractivity contribution in [3.8, 4) is 0 Å². The van der Waals surface area contributed by atoms with Gasteiger partial charge in [0.25, 0.3) is 0 Å². The maximum absolute atomic E-state index is 4.29. The van der Waals surface area contributed by atoms with Crippen LogP contribution in [0.25, 0.3) is 0 Å². The van der Waals surface area contributed by atoms with E-state index in [-0.39, 0.29) is 0 Å². The van der Waals surface area contributed by atoms with Gasteiger partial charge in [0.15, 0.2) is 0 Å². The maximum Gasteiger partial charge on any atom is 0.0953 e. The Morgan fingerprint density at radius 1 is 1.57 bits per heavy atom. The van der Waals surface area contributed by atoms with Crippen LogP contribution in [0.5, 0.6) is 0 Å². The van der Waals surface area contributed by atoms with Crippen LogP contribution in [0.3, 0.4) is 0 Å². The summed E-state index contributed by atoms with van der Waals surface area (Å²) in [6.45, 7) is 1.75. The molecule has 1 N–H and O–H groups in total. The monoisotopic (exact) mass is 207 g/mol. The van der Waals surface area contributed by atoms with Gasteiger partial charge in [-0.1, -0.05) is 0 Å². The first-order valence-electron chi connectivity index (χ1n) is 4.55. The van der Waals surface area contributed by atoms with E-state index < -0.39 is 0 Å². The van der Waals surface area contributed by atoms with Gasteiger partial charge in [-0.2, -0.15) is 11.3 Å². The SMILES string of the molecule is CNCc1cn(Cc2ccsc2)cn1. The van der Waals surface area contributed by atoms with Crippen LogP contribution in [0.1, 0.15) is 11.3 Å². The molecule has 0 unspecified atom stereocenters.